The van der Waals surface area contributed by atoms with Gasteiger partial charge in [-0.2, -0.15) is 0 Å². The summed E-state index contributed by atoms with van der Waals surface area (Å²) in [5.74, 6) is -1.44. The van der Waals surface area contributed by atoms with E-state index in [9.17, 15) is 13.6 Å². The smallest absolute Gasteiger partial charge is 0.307 e. The third kappa shape index (κ3) is 2.57. The number of methoxy groups -OCH3 is 1. The zero-order chi connectivity index (χ0) is 12.3. The van der Waals surface area contributed by atoms with Crippen LogP contribution in [-0.4, -0.2) is 23.2 Å². The van der Waals surface area contributed by atoms with Crippen molar-refractivity contribution in [1.82, 2.24) is 4.98 Å². The van der Waals surface area contributed by atoms with E-state index >= 15 is 0 Å². The first-order valence-corrected chi connectivity index (χ1v) is 4.56. The Morgan fingerprint density at radius 1 is 1.69 bits per heavy atom. The number of hydrogen-bond donors (Lipinski definition) is 1. The van der Waals surface area contributed by atoms with Crippen LogP contribution in [0.25, 0.3) is 0 Å². The molecule has 0 aliphatic rings. The highest BCUT2D eigenvalue weighted by atomic mass is 35.5. The van der Waals surface area contributed by atoms with Crippen molar-refractivity contribution in [3.63, 3.8) is 0 Å². The van der Waals surface area contributed by atoms with Gasteiger partial charge < -0.3 is 9.84 Å². The highest BCUT2D eigenvalue weighted by molar-refractivity contribution is 6.30. The summed E-state index contributed by atoms with van der Waals surface area (Å²) in [4.78, 5) is 14.1. The van der Waals surface area contributed by atoms with Gasteiger partial charge in [0.2, 0.25) is 0 Å². The molecule has 0 spiro atoms. The monoisotopic (exact) mass is 251 g/mol. The average Bonchev–Trinajstić information content (AvgIpc) is 2.19. The van der Waals surface area contributed by atoms with E-state index in [0.717, 1.165) is 6.20 Å². The molecule has 0 aromatic carbocycles. The number of carbonyl (C=O) groups is 1. The molecule has 0 saturated heterocycles. The predicted octanol–water partition coefficient (Wildman–Crippen LogP) is 2.31. The first kappa shape index (κ1) is 12.6. The summed E-state index contributed by atoms with van der Waals surface area (Å²) in [6, 6.07) is 0. The summed E-state index contributed by atoms with van der Waals surface area (Å²) in [6.45, 7) is 0. The topological polar surface area (TPSA) is 59.4 Å². The molecule has 16 heavy (non-hydrogen) atoms. The molecule has 0 unspecified atom stereocenters. The normalized spacial score (nSPS) is 10.6. The highest BCUT2D eigenvalue weighted by Gasteiger charge is 2.23. The zero-order valence-electron chi connectivity index (χ0n) is 8.21. The molecule has 0 atom stereocenters. The second-order valence-electron chi connectivity index (χ2n) is 2.88. The van der Waals surface area contributed by atoms with Crippen molar-refractivity contribution in [3.05, 3.63) is 22.5 Å². The third-order valence-corrected chi connectivity index (χ3v) is 2.23. The number of nitrogens with zero attached hydrogens (tertiary/aromatic N) is 1. The highest BCUT2D eigenvalue weighted by Crippen LogP contribution is 2.34. The first-order valence-electron chi connectivity index (χ1n) is 4.18. The Labute approximate surface area is 94.8 Å². The lowest BCUT2D eigenvalue weighted by Crippen LogP contribution is -2.07. The lowest BCUT2D eigenvalue weighted by molar-refractivity contribution is -0.136. The number of carboxylic acid groups (broad SMARTS) is 1. The molecule has 7 heteroatoms. The van der Waals surface area contributed by atoms with E-state index in [2.05, 4.69) is 9.72 Å². The molecule has 88 valence electrons. The molecular formula is C9H8ClF2NO3. The zero-order valence-corrected chi connectivity index (χ0v) is 8.96. The maximum atomic E-state index is 12.7. The van der Waals surface area contributed by atoms with E-state index < -0.39 is 24.4 Å². The van der Waals surface area contributed by atoms with Gasteiger partial charge in [0.05, 0.1) is 25.3 Å². The Morgan fingerprint density at radius 3 is 2.75 bits per heavy atom. The molecule has 0 aliphatic heterocycles. The van der Waals surface area contributed by atoms with E-state index in [1.54, 1.807) is 0 Å². The fourth-order valence-electron chi connectivity index (χ4n) is 1.24. The average molecular weight is 252 g/mol. The summed E-state index contributed by atoms with van der Waals surface area (Å²) in [5, 5.41) is 8.34. The molecule has 0 amide bonds. The molecule has 4 nitrogen and oxygen atoms in total. The van der Waals surface area contributed by atoms with E-state index in [4.69, 9.17) is 16.7 Å². The third-order valence-electron chi connectivity index (χ3n) is 1.90. The largest absolute Gasteiger partial charge is 0.495 e. The van der Waals surface area contributed by atoms with Crippen LogP contribution in [0.3, 0.4) is 0 Å². The van der Waals surface area contributed by atoms with Crippen LogP contribution >= 0.6 is 11.6 Å². The van der Waals surface area contributed by atoms with Gasteiger partial charge in [0.25, 0.3) is 6.43 Å². The quantitative estimate of drug-likeness (QED) is 0.834. The van der Waals surface area contributed by atoms with Gasteiger partial charge in [-0.15, -0.1) is 0 Å². The van der Waals surface area contributed by atoms with Crippen LogP contribution < -0.4 is 4.74 Å². The van der Waals surface area contributed by atoms with E-state index in [-0.39, 0.29) is 16.5 Å². The number of carboxylic acids is 1. The molecular weight excluding hydrogens is 244 g/mol. The molecule has 1 heterocycles. The molecule has 1 aromatic rings. The Hall–Kier alpha value is -1.43. The lowest BCUT2D eigenvalue weighted by atomic mass is 10.1. The minimum atomic E-state index is -2.87. The summed E-state index contributed by atoms with van der Waals surface area (Å²) in [6.07, 6.45) is -2.46. The standard InChI is InChI=1S/C9H8ClF2NO3/c1-16-5-3-13-8(10)4(2-6(14)15)7(5)9(11)12/h3,9H,2H2,1H3,(H,14,15). The Morgan fingerprint density at radius 2 is 2.31 bits per heavy atom. The number of rotatable bonds is 4. The van der Waals surface area contributed by atoms with Crippen molar-refractivity contribution in [1.29, 1.82) is 0 Å². The van der Waals surface area contributed by atoms with Crippen molar-refractivity contribution in [2.75, 3.05) is 7.11 Å². The molecule has 0 saturated carbocycles. The van der Waals surface area contributed by atoms with Crippen LogP contribution in [0.1, 0.15) is 17.6 Å². The SMILES string of the molecule is COc1cnc(Cl)c(CC(=O)O)c1C(F)F. The van der Waals surface area contributed by atoms with E-state index in [1.807, 2.05) is 0 Å². The summed E-state index contributed by atoms with van der Waals surface area (Å²) < 4.78 is 30.2. The molecule has 0 bridgehead atoms. The van der Waals surface area contributed by atoms with Gasteiger partial charge in [0, 0.05) is 5.56 Å². The molecule has 0 fully saturated rings. The maximum absolute atomic E-state index is 12.7. The molecule has 1 aromatic heterocycles. The predicted molar refractivity (Wildman–Crippen MR) is 52.1 cm³/mol. The number of pyridine rings is 1. The molecule has 1 N–H and O–H groups in total. The van der Waals surface area contributed by atoms with Gasteiger partial charge in [-0.25, -0.2) is 13.8 Å². The first-order chi connectivity index (χ1) is 7.47. The fraction of sp³-hybridized carbons (Fsp3) is 0.333. The summed E-state index contributed by atoms with van der Waals surface area (Å²) >= 11 is 5.58. The van der Waals surface area contributed by atoms with Gasteiger partial charge in [-0.1, -0.05) is 11.6 Å². The summed E-state index contributed by atoms with van der Waals surface area (Å²) in [5.41, 5.74) is -0.742. The fourth-order valence-corrected chi connectivity index (χ4v) is 1.46. The second kappa shape index (κ2) is 5.07. The number of alkyl halides is 2. The van der Waals surface area contributed by atoms with Crippen molar-refractivity contribution in [3.8, 4) is 5.75 Å². The van der Waals surface area contributed by atoms with Gasteiger partial charge >= 0.3 is 5.97 Å². The number of halogens is 3. The Bertz CT molecular complexity index is 412. The maximum Gasteiger partial charge on any atom is 0.307 e. The van der Waals surface area contributed by atoms with Crippen LogP contribution in [0.2, 0.25) is 5.15 Å². The van der Waals surface area contributed by atoms with E-state index in [0.29, 0.717) is 0 Å². The minimum Gasteiger partial charge on any atom is -0.495 e. The lowest BCUT2D eigenvalue weighted by Gasteiger charge is -2.12. The molecule has 0 radical (unpaired) electrons. The number of aromatic nitrogens is 1. The van der Waals surface area contributed by atoms with E-state index in [1.165, 1.54) is 7.11 Å². The minimum absolute atomic E-state index is 0.171. The van der Waals surface area contributed by atoms with Gasteiger partial charge in [0.15, 0.2) is 0 Å². The van der Waals surface area contributed by atoms with Crippen molar-refractivity contribution >= 4 is 17.6 Å². The van der Waals surface area contributed by atoms with Crippen LogP contribution in [0, 0.1) is 0 Å². The number of hydrogen-bond acceptors (Lipinski definition) is 3. The van der Waals surface area contributed by atoms with Gasteiger partial charge in [0.1, 0.15) is 10.9 Å². The molecule has 0 aliphatic carbocycles. The Kier molecular flexibility index (Phi) is 4.00. The second-order valence-corrected chi connectivity index (χ2v) is 3.24. The van der Waals surface area contributed by atoms with Crippen molar-refractivity contribution in [2.45, 2.75) is 12.8 Å². The van der Waals surface area contributed by atoms with Crippen LogP contribution in [0.5, 0.6) is 5.75 Å². The Balaban J connectivity index is 3.35. The van der Waals surface area contributed by atoms with Crippen LogP contribution in [0.15, 0.2) is 6.20 Å². The number of ether oxygens (including phenoxy) is 1. The van der Waals surface area contributed by atoms with Gasteiger partial charge in [-0.05, 0) is 0 Å². The number of aliphatic carboxylic acids is 1. The van der Waals surface area contributed by atoms with Crippen LogP contribution in [-0.2, 0) is 11.2 Å². The van der Waals surface area contributed by atoms with Crippen LogP contribution in [0.4, 0.5) is 8.78 Å². The van der Waals surface area contributed by atoms with Crippen molar-refractivity contribution in [2.24, 2.45) is 0 Å². The van der Waals surface area contributed by atoms with Crippen molar-refractivity contribution < 1.29 is 23.4 Å². The summed E-state index contributed by atoms with van der Waals surface area (Å²) in [7, 11) is 1.20. The molecule has 1 rings (SSSR count). The van der Waals surface area contributed by atoms with Gasteiger partial charge in [-0.3, -0.25) is 4.79 Å².